The lowest BCUT2D eigenvalue weighted by molar-refractivity contribution is 0.173. The Morgan fingerprint density at radius 1 is 1.32 bits per heavy atom. The van der Waals surface area contributed by atoms with Crippen molar-refractivity contribution in [2.45, 2.75) is 38.7 Å². The van der Waals surface area contributed by atoms with E-state index < -0.39 is 0 Å². The summed E-state index contributed by atoms with van der Waals surface area (Å²) >= 11 is 0. The zero-order valence-corrected chi connectivity index (χ0v) is 11.8. The molecular formula is C16H25NO2. The second kappa shape index (κ2) is 6.92. The van der Waals surface area contributed by atoms with Crippen LogP contribution >= 0.6 is 0 Å². The Morgan fingerprint density at radius 3 is 2.68 bits per heavy atom. The minimum atomic E-state index is -0.349. The molecule has 19 heavy (non-hydrogen) atoms. The fourth-order valence-electron chi connectivity index (χ4n) is 2.86. The minimum absolute atomic E-state index is 0.292. The van der Waals surface area contributed by atoms with Crippen LogP contribution in [-0.4, -0.2) is 29.9 Å². The minimum Gasteiger partial charge on any atom is -0.396 e. The number of hydrogen-bond donors (Lipinski definition) is 2. The summed E-state index contributed by atoms with van der Waals surface area (Å²) in [7, 11) is 0. The van der Waals surface area contributed by atoms with Crippen LogP contribution in [-0.2, 0) is 0 Å². The van der Waals surface area contributed by atoms with Crippen molar-refractivity contribution >= 4 is 5.69 Å². The second-order valence-corrected chi connectivity index (χ2v) is 5.48. The molecule has 0 bridgehead atoms. The quantitative estimate of drug-likeness (QED) is 0.858. The molecule has 0 spiro atoms. The summed E-state index contributed by atoms with van der Waals surface area (Å²) in [5, 5.41) is 18.9. The van der Waals surface area contributed by atoms with Crippen LogP contribution < -0.4 is 4.90 Å². The lowest BCUT2D eigenvalue weighted by atomic mass is 9.94. The van der Waals surface area contributed by atoms with E-state index in [0.717, 1.165) is 31.5 Å². The van der Waals surface area contributed by atoms with E-state index in [9.17, 15) is 5.11 Å². The van der Waals surface area contributed by atoms with Crippen LogP contribution in [0.3, 0.4) is 0 Å². The Labute approximate surface area is 115 Å². The maximum Gasteiger partial charge on any atom is 0.0787 e. The third-order valence-electron chi connectivity index (χ3n) is 4.09. The van der Waals surface area contributed by atoms with Crippen LogP contribution in [0.1, 0.15) is 44.3 Å². The number of nitrogens with zero attached hydrogens (tertiary/aromatic N) is 1. The first-order valence-electron chi connectivity index (χ1n) is 7.38. The Hall–Kier alpha value is -1.06. The first-order chi connectivity index (χ1) is 9.24. The highest BCUT2D eigenvalue weighted by Crippen LogP contribution is 2.26. The van der Waals surface area contributed by atoms with Gasteiger partial charge in [-0.2, -0.15) is 0 Å². The second-order valence-electron chi connectivity index (χ2n) is 5.48. The number of rotatable bonds is 5. The SMILES string of the molecule is CC[C@H](O)c1ccc(N2CCCC(CCO)C2)cc1. The monoisotopic (exact) mass is 263 g/mol. The van der Waals surface area contributed by atoms with Gasteiger partial charge in [0, 0.05) is 25.4 Å². The van der Waals surface area contributed by atoms with Crippen molar-refractivity contribution in [3.8, 4) is 0 Å². The molecule has 1 fully saturated rings. The molecule has 1 aliphatic heterocycles. The number of piperidine rings is 1. The summed E-state index contributed by atoms with van der Waals surface area (Å²) in [6, 6.07) is 8.27. The van der Waals surface area contributed by atoms with Crippen LogP contribution in [0, 0.1) is 5.92 Å². The predicted molar refractivity (Wildman–Crippen MR) is 78.3 cm³/mol. The van der Waals surface area contributed by atoms with Crippen molar-refractivity contribution < 1.29 is 10.2 Å². The third-order valence-corrected chi connectivity index (χ3v) is 4.09. The topological polar surface area (TPSA) is 43.7 Å². The molecule has 0 radical (unpaired) electrons. The van der Waals surface area contributed by atoms with Gasteiger partial charge in [-0.05, 0) is 49.3 Å². The smallest absolute Gasteiger partial charge is 0.0787 e. The summed E-state index contributed by atoms with van der Waals surface area (Å²) < 4.78 is 0. The number of hydrogen-bond acceptors (Lipinski definition) is 3. The lowest BCUT2D eigenvalue weighted by Crippen LogP contribution is -2.35. The molecule has 2 rings (SSSR count). The van der Waals surface area contributed by atoms with E-state index in [1.165, 1.54) is 18.5 Å². The van der Waals surface area contributed by atoms with E-state index in [1.807, 2.05) is 19.1 Å². The van der Waals surface area contributed by atoms with E-state index in [4.69, 9.17) is 5.11 Å². The molecule has 106 valence electrons. The molecule has 1 aromatic carbocycles. The molecule has 1 aliphatic rings. The number of aliphatic hydroxyl groups is 2. The summed E-state index contributed by atoms with van der Waals surface area (Å²) in [6.07, 6.45) is 3.73. The lowest BCUT2D eigenvalue weighted by Gasteiger charge is -2.34. The Morgan fingerprint density at radius 2 is 2.05 bits per heavy atom. The number of benzene rings is 1. The molecule has 0 aliphatic carbocycles. The van der Waals surface area contributed by atoms with Crippen LogP contribution in [0.4, 0.5) is 5.69 Å². The molecule has 2 atom stereocenters. The molecular weight excluding hydrogens is 238 g/mol. The maximum absolute atomic E-state index is 9.80. The van der Waals surface area contributed by atoms with Gasteiger partial charge >= 0.3 is 0 Å². The Kier molecular flexibility index (Phi) is 5.23. The molecule has 0 aromatic heterocycles. The average Bonchev–Trinajstić information content (AvgIpc) is 2.47. The molecule has 3 heteroatoms. The highest BCUT2D eigenvalue weighted by molar-refractivity contribution is 5.48. The average molecular weight is 263 g/mol. The highest BCUT2D eigenvalue weighted by atomic mass is 16.3. The van der Waals surface area contributed by atoms with Gasteiger partial charge < -0.3 is 15.1 Å². The summed E-state index contributed by atoms with van der Waals surface area (Å²) in [5.74, 6) is 0.611. The first-order valence-corrected chi connectivity index (χ1v) is 7.38. The van der Waals surface area contributed by atoms with Gasteiger partial charge in [0.1, 0.15) is 0 Å². The highest BCUT2D eigenvalue weighted by Gasteiger charge is 2.19. The van der Waals surface area contributed by atoms with Gasteiger partial charge in [-0.1, -0.05) is 19.1 Å². The fourth-order valence-corrected chi connectivity index (χ4v) is 2.86. The summed E-state index contributed by atoms with van der Waals surface area (Å²) in [6.45, 7) is 4.41. The van der Waals surface area contributed by atoms with Gasteiger partial charge in [-0.3, -0.25) is 0 Å². The molecule has 1 saturated heterocycles. The van der Waals surface area contributed by atoms with Gasteiger partial charge in [0.05, 0.1) is 6.10 Å². The normalized spacial score (nSPS) is 21.4. The van der Waals surface area contributed by atoms with Crippen molar-refractivity contribution in [2.24, 2.45) is 5.92 Å². The maximum atomic E-state index is 9.80. The van der Waals surface area contributed by atoms with Gasteiger partial charge in [0.25, 0.3) is 0 Å². The molecule has 0 amide bonds. The van der Waals surface area contributed by atoms with Gasteiger partial charge in [0.2, 0.25) is 0 Å². The van der Waals surface area contributed by atoms with Gasteiger partial charge in [-0.25, -0.2) is 0 Å². The van der Waals surface area contributed by atoms with E-state index in [0.29, 0.717) is 12.5 Å². The van der Waals surface area contributed by atoms with Gasteiger partial charge in [0.15, 0.2) is 0 Å². The third kappa shape index (κ3) is 3.71. The van der Waals surface area contributed by atoms with Gasteiger partial charge in [-0.15, -0.1) is 0 Å². The largest absolute Gasteiger partial charge is 0.396 e. The predicted octanol–water partition coefficient (Wildman–Crippen LogP) is 2.73. The Bertz CT molecular complexity index is 375. The fraction of sp³-hybridized carbons (Fsp3) is 0.625. The van der Waals surface area contributed by atoms with Crippen molar-refractivity contribution in [3.05, 3.63) is 29.8 Å². The van der Waals surface area contributed by atoms with Crippen LogP contribution in [0.5, 0.6) is 0 Å². The molecule has 0 saturated carbocycles. The zero-order valence-electron chi connectivity index (χ0n) is 11.8. The van der Waals surface area contributed by atoms with Crippen LogP contribution in [0.15, 0.2) is 24.3 Å². The standard InChI is InChI=1S/C16H25NO2/c1-2-16(19)14-5-7-15(8-6-14)17-10-3-4-13(12-17)9-11-18/h5-8,13,16,18-19H,2-4,9-12H2,1H3/t13?,16-/m0/s1. The molecule has 1 heterocycles. The molecule has 3 nitrogen and oxygen atoms in total. The zero-order chi connectivity index (χ0) is 13.7. The van der Waals surface area contributed by atoms with E-state index in [2.05, 4.69) is 17.0 Å². The number of anilines is 1. The van der Waals surface area contributed by atoms with E-state index >= 15 is 0 Å². The van der Waals surface area contributed by atoms with Crippen molar-refractivity contribution in [3.63, 3.8) is 0 Å². The van der Waals surface area contributed by atoms with Crippen LogP contribution in [0.2, 0.25) is 0 Å². The van der Waals surface area contributed by atoms with Crippen molar-refractivity contribution in [2.75, 3.05) is 24.6 Å². The van der Waals surface area contributed by atoms with Crippen molar-refractivity contribution in [1.82, 2.24) is 0 Å². The Balaban J connectivity index is 2.01. The van der Waals surface area contributed by atoms with E-state index in [-0.39, 0.29) is 6.10 Å². The number of aliphatic hydroxyl groups excluding tert-OH is 2. The summed E-state index contributed by atoms with van der Waals surface area (Å²) in [4.78, 5) is 2.39. The van der Waals surface area contributed by atoms with Crippen molar-refractivity contribution in [1.29, 1.82) is 0 Å². The molecule has 1 unspecified atom stereocenters. The van der Waals surface area contributed by atoms with Crippen LogP contribution in [0.25, 0.3) is 0 Å². The first kappa shape index (κ1) is 14.4. The van der Waals surface area contributed by atoms with E-state index in [1.54, 1.807) is 0 Å². The molecule has 2 N–H and O–H groups in total. The summed E-state index contributed by atoms with van der Waals surface area (Å²) in [5.41, 5.74) is 2.23. The molecule has 1 aromatic rings.